The molecule has 10 nitrogen and oxygen atoms in total. The molecule has 0 aliphatic carbocycles. The molecule has 134 valence electrons. The first-order valence-corrected chi connectivity index (χ1v) is 7.72. The Morgan fingerprint density at radius 1 is 1.40 bits per heavy atom. The number of nitrogens with one attached hydrogen (secondary N) is 1. The molecule has 0 saturated carbocycles. The van der Waals surface area contributed by atoms with Gasteiger partial charge in [0.15, 0.2) is 0 Å². The average molecular weight is 347 g/mol. The van der Waals surface area contributed by atoms with Gasteiger partial charge in [0.1, 0.15) is 5.82 Å². The lowest BCUT2D eigenvalue weighted by Gasteiger charge is -2.15. The fourth-order valence-electron chi connectivity index (χ4n) is 2.41. The van der Waals surface area contributed by atoms with Crippen molar-refractivity contribution in [2.75, 3.05) is 13.6 Å². The second-order valence-corrected chi connectivity index (χ2v) is 5.50. The molecule has 2 N–H and O–H groups in total. The van der Waals surface area contributed by atoms with Gasteiger partial charge in [-0.3, -0.25) is 19.4 Å². The summed E-state index contributed by atoms with van der Waals surface area (Å²) < 4.78 is 3.27. The van der Waals surface area contributed by atoms with Crippen molar-refractivity contribution in [3.63, 3.8) is 0 Å². The Morgan fingerprint density at radius 2 is 2.16 bits per heavy atom. The maximum Gasteiger partial charge on any atom is 0.290 e. The molecule has 0 aliphatic heterocycles. The van der Waals surface area contributed by atoms with Crippen molar-refractivity contribution in [1.29, 1.82) is 0 Å². The van der Waals surface area contributed by atoms with E-state index in [0.717, 1.165) is 25.2 Å². The van der Waals surface area contributed by atoms with Crippen molar-refractivity contribution >= 4 is 12.2 Å². The summed E-state index contributed by atoms with van der Waals surface area (Å²) in [5.74, 6) is 1.10. The van der Waals surface area contributed by atoms with Gasteiger partial charge in [0.25, 0.3) is 17.8 Å². The molecular weight excluding hydrogens is 326 g/mol. The van der Waals surface area contributed by atoms with E-state index in [1.165, 1.54) is 4.52 Å². The third kappa shape index (κ3) is 5.24. The molecule has 0 aliphatic rings. The van der Waals surface area contributed by atoms with Crippen molar-refractivity contribution in [2.45, 2.75) is 26.4 Å². The predicted molar refractivity (Wildman–Crippen MR) is 90.2 cm³/mol. The number of carboxylic acid groups (broad SMARTS) is 1. The molecular formula is C15H21N7O3. The Kier molecular flexibility index (Phi) is 6.40. The quantitative estimate of drug-likeness (QED) is 0.609. The fourth-order valence-corrected chi connectivity index (χ4v) is 2.41. The summed E-state index contributed by atoms with van der Waals surface area (Å²) >= 11 is 0. The summed E-state index contributed by atoms with van der Waals surface area (Å²) in [6, 6.07) is 3.47. The highest BCUT2D eigenvalue weighted by atomic mass is 16.3. The van der Waals surface area contributed by atoms with E-state index in [1.54, 1.807) is 19.2 Å². The number of aryl methyl sites for hydroxylation is 2. The van der Waals surface area contributed by atoms with Crippen LogP contribution in [0.5, 0.6) is 0 Å². The summed E-state index contributed by atoms with van der Waals surface area (Å²) in [6.07, 6.45) is 4.72. The summed E-state index contributed by atoms with van der Waals surface area (Å²) in [7, 11) is 2.02. The zero-order chi connectivity index (χ0) is 18.2. The first-order valence-electron chi connectivity index (χ1n) is 7.72. The van der Waals surface area contributed by atoms with Crippen LogP contribution in [0.1, 0.15) is 17.9 Å². The molecule has 0 amide bonds. The Morgan fingerprint density at radius 3 is 2.84 bits per heavy atom. The number of aromatic nitrogens is 6. The fraction of sp³-hybridized carbons (Fsp3) is 0.400. The molecule has 25 heavy (non-hydrogen) atoms. The SMILES string of the molecule is Cc1nc2nc(CN(C)CCCn3cccn3)cc(=O)n2[nH]1.O=CO. The van der Waals surface area contributed by atoms with Gasteiger partial charge in [0, 0.05) is 38.1 Å². The monoisotopic (exact) mass is 347 g/mol. The van der Waals surface area contributed by atoms with Gasteiger partial charge in [-0.2, -0.15) is 14.6 Å². The molecule has 0 unspecified atom stereocenters. The second-order valence-electron chi connectivity index (χ2n) is 5.50. The van der Waals surface area contributed by atoms with Crippen LogP contribution in [0.15, 0.2) is 29.3 Å². The van der Waals surface area contributed by atoms with E-state index in [2.05, 4.69) is 25.1 Å². The molecule has 0 bridgehead atoms. The topological polar surface area (TPSA) is 121 Å². The highest BCUT2D eigenvalue weighted by Gasteiger charge is 2.08. The van der Waals surface area contributed by atoms with Crippen LogP contribution in [-0.2, 0) is 17.9 Å². The number of rotatable bonds is 6. The second kappa shape index (κ2) is 8.73. The number of aromatic amines is 1. The van der Waals surface area contributed by atoms with Gasteiger partial charge in [-0.05, 0) is 26.5 Å². The van der Waals surface area contributed by atoms with Crippen LogP contribution in [-0.4, -0.2) is 59.4 Å². The first kappa shape index (κ1) is 18.3. The smallest absolute Gasteiger partial charge is 0.290 e. The van der Waals surface area contributed by atoms with E-state index in [1.807, 2.05) is 24.0 Å². The Hall–Kier alpha value is -3.01. The number of nitrogens with zero attached hydrogens (tertiary/aromatic N) is 6. The molecule has 3 aromatic heterocycles. The van der Waals surface area contributed by atoms with Gasteiger partial charge in [0.05, 0.1) is 5.69 Å². The molecule has 0 atom stereocenters. The Bertz CT molecular complexity index is 854. The van der Waals surface area contributed by atoms with E-state index in [0.29, 0.717) is 18.1 Å². The minimum absolute atomic E-state index is 0.134. The third-order valence-electron chi connectivity index (χ3n) is 3.41. The number of carbonyl (C=O) groups is 1. The molecule has 0 aromatic carbocycles. The minimum Gasteiger partial charge on any atom is -0.483 e. The lowest BCUT2D eigenvalue weighted by molar-refractivity contribution is -0.122. The largest absolute Gasteiger partial charge is 0.483 e. The van der Waals surface area contributed by atoms with Gasteiger partial charge in [-0.1, -0.05) is 0 Å². The van der Waals surface area contributed by atoms with E-state index in [4.69, 9.17) is 9.90 Å². The van der Waals surface area contributed by atoms with Crippen LogP contribution < -0.4 is 5.56 Å². The van der Waals surface area contributed by atoms with Crippen molar-refractivity contribution in [2.24, 2.45) is 0 Å². The lowest BCUT2D eigenvalue weighted by Crippen LogP contribution is -2.23. The van der Waals surface area contributed by atoms with Crippen LogP contribution in [0.4, 0.5) is 0 Å². The molecule has 0 saturated heterocycles. The summed E-state index contributed by atoms with van der Waals surface area (Å²) in [4.78, 5) is 31.1. The number of hydrogen-bond donors (Lipinski definition) is 2. The maximum absolute atomic E-state index is 12.0. The van der Waals surface area contributed by atoms with Gasteiger partial charge < -0.3 is 10.0 Å². The van der Waals surface area contributed by atoms with E-state index >= 15 is 0 Å². The van der Waals surface area contributed by atoms with Gasteiger partial charge in [0.2, 0.25) is 0 Å². The number of fused-ring (bicyclic) bond motifs is 1. The Labute approximate surface area is 143 Å². The summed E-state index contributed by atoms with van der Waals surface area (Å²) in [5.41, 5.74) is 0.601. The van der Waals surface area contributed by atoms with E-state index in [-0.39, 0.29) is 12.0 Å². The first-order chi connectivity index (χ1) is 12.0. The highest BCUT2D eigenvalue weighted by molar-refractivity contribution is 5.32. The van der Waals surface area contributed by atoms with E-state index < -0.39 is 0 Å². The normalized spacial score (nSPS) is 10.7. The van der Waals surface area contributed by atoms with Crippen molar-refractivity contribution < 1.29 is 9.90 Å². The van der Waals surface area contributed by atoms with Gasteiger partial charge >= 0.3 is 0 Å². The van der Waals surface area contributed by atoms with Crippen molar-refractivity contribution in [3.05, 3.63) is 46.4 Å². The van der Waals surface area contributed by atoms with Crippen molar-refractivity contribution in [1.82, 2.24) is 34.3 Å². The molecule has 10 heteroatoms. The molecule has 3 aromatic rings. The number of hydrogen-bond acceptors (Lipinski definition) is 6. The Balaban J connectivity index is 0.000000701. The highest BCUT2D eigenvalue weighted by Crippen LogP contribution is 2.01. The molecule has 0 spiro atoms. The lowest BCUT2D eigenvalue weighted by atomic mass is 10.3. The predicted octanol–water partition coefficient (Wildman–Crippen LogP) is 0.145. The molecule has 3 rings (SSSR count). The van der Waals surface area contributed by atoms with Crippen LogP contribution >= 0.6 is 0 Å². The van der Waals surface area contributed by atoms with Crippen molar-refractivity contribution in [3.8, 4) is 0 Å². The number of H-pyrrole nitrogens is 1. The zero-order valence-electron chi connectivity index (χ0n) is 14.2. The standard InChI is InChI=1S/C14H19N7O.CH2O2/c1-11-16-14-17-12(9-13(22)21(14)18-11)10-19(2)6-4-8-20-7-3-5-15-20;2-1-3/h3,5,7,9H,4,6,8,10H2,1-2H3,(H,16,17,18);1H,(H,2,3). The zero-order valence-corrected chi connectivity index (χ0v) is 14.2. The van der Waals surface area contributed by atoms with Gasteiger partial charge in [-0.25, -0.2) is 4.98 Å². The van der Waals surface area contributed by atoms with Crippen LogP contribution in [0.3, 0.4) is 0 Å². The molecule has 0 radical (unpaired) electrons. The van der Waals surface area contributed by atoms with Crippen LogP contribution in [0.25, 0.3) is 5.78 Å². The third-order valence-corrected chi connectivity index (χ3v) is 3.41. The summed E-state index contributed by atoms with van der Waals surface area (Å²) in [6.45, 7) is 3.96. The van der Waals surface area contributed by atoms with E-state index in [9.17, 15) is 4.79 Å². The summed E-state index contributed by atoms with van der Waals surface area (Å²) in [5, 5.41) is 13.9. The maximum atomic E-state index is 12.0. The molecule has 3 heterocycles. The molecule has 0 fully saturated rings. The van der Waals surface area contributed by atoms with Crippen LogP contribution in [0, 0.1) is 6.92 Å². The van der Waals surface area contributed by atoms with Gasteiger partial charge in [-0.15, -0.1) is 0 Å². The average Bonchev–Trinajstić information content (AvgIpc) is 3.17. The minimum atomic E-state index is -0.250. The van der Waals surface area contributed by atoms with Crippen LogP contribution in [0.2, 0.25) is 0 Å².